The Balaban J connectivity index is 1.36. The number of rotatable bonds is 8. The van der Waals surface area contributed by atoms with Crippen LogP contribution in [0.15, 0.2) is 54.6 Å². The van der Waals surface area contributed by atoms with Gasteiger partial charge in [0.05, 0.1) is 18.8 Å². The standard InChI is InChI=1S/C31H38N6O5/c1-5-21(2)42-31(40)37-26-20-36(30(39)27(41-4)22-9-7-6-8-10-22)19-25(26)28(33-37)32-29(38)23-11-13-24(14-12-23)35-17-15-34(3)16-18-35/h6-14,21,27H,5,15-20H2,1-4H3,(H,32,33,38)/t21?,27-/m1/s1. The largest absolute Gasteiger partial charge is 0.445 e. The van der Waals surface area contributed by atoms with Gasteiger partial charge in [0.25, 0.3) is 11.8 Å². The first kappa shape index (κ1) is 29.3. The maximum Gasteiger partial charge on any atom is 0.435 e. The SMILES string of the molecule is CCC(C)OC(=O)n1nc(NC(=O)c2ccc(N3CCN(C)CC3)cc2)c2c1CN(C(=O)[C@H](OC)c1ccccc1)C2. The fourth-order valence-electron chi connectivity index (χ4n) is 5.20. The van der Waals surface area contributed by atoms with Crippen LogP contribution in [0.2, 0.25) is 0 Å². The Kier molecular flexibility index (Phi) is 8.89. The van der Waals surface area contributed by atoms with Gasteiger partial charge in [-0.1, -0.05) is 37.3 Å². The van der Waals surface area contributed by atoms with Gasteiger partial charge in [0.2, 0.25) is 0 Å². The van der Waals surface area contributed by atoms with Gasteiger partial charge < -0.3 is 29.5 Å². The molecule has 1 aromatic heterocycles. The molecule has 3 heterocycles. The molecule has 0 spiro atoms. The molecule has 5 rings (SSSR count). The van der Waals surface area contributed by atoms with Crippen LogP contribution in [0.3, 0.4) is 0 Å². The van der Waals surface area contributed by atoms with E-state index < -0.39 is 12.2 Å². The molecule has 2 atom stereocenters. The van der Waals surface area contributed by atoms with Crippen LogP contribution in [0.25, 0.3) is 0 Å². The lowest BCUT2D eigenvalue weighted by atomic mass is 10.1. The van der Waals surface area contributed by atoms with Crippen LogP contribution in [0.4, 0.5) is 16.3 Å². The number of benzene rings is 2. The number of fused-ring (bicyclic) bond motifs is 1. The minimum absolute atomic E-state index is 0.124. The summed E-state index contributed by atoms with van der Waals surface area (Å²) in [5.74, 6) is -0.381. The number of likely N-dealkylation sites (N-methyl/N-ethyl adjacent to an activating group) is 1. The molecular weight excluding hydrogens is 536 g/mol. The monoisotopic (exact) mass is 574 g/mol. The molecule has 1 N–H and O–H groups in total. The second-order valence-corrected chi connectivity index (χ2v) is 10.8. The van der Waals surface area contributed by atoms with Crippen molar-refractivity contribution in [2.24, 2.45) is 0 Å². The molecule has 3 aromatic rings. The average molecular weight is 575 g/mol. The highest BCUT2D eigenvalue weighted by Crippen LogP contribution is 2.33. The Hall–Kier alpha value is -4.22. The van der Waals surface area contributed by atoms with Gasteiger partial charge in [-0.05, 0) is 50.2 Å². The van der Waals surface area contributed by atoms with Crippen molar-refractivity contribution in [2.45, 2.75) is 45.6 Å². The van der Waals surface area contributed by atoms with Crippen molar-refractivity contribution in [1.82, 2.24) is 19.6 Å². The summed E-state index contributed by atoms with van der Waals surface area (Å²) < 4.78 is 12.3. The summed E-state index contributed by atoms with van der Waals surface area (Å²) in [6.07, 6.45) is -1.14. The van der Waals surface area contributed by atoms with Gasteiger partial charge in [0.15, 0.2) is 11.9 Å². The topological polar surface area (TPSA) is 109 Å². The van der Waals surface area contributed by atoms with Gasteiger partial charge in [0.1, 0.15) is 6.10 Å². The third-order valence-corrected chi connectivity index (χ3v) is 7.93. The first-order chi connectivity index (χ1) is 20.3. The summed E-state index contributed by atoms with van der Waals surface area (Å²) in [5, 5.41) is 7.30. The lowest BCUT2D eigenvalue weighted by Gasteiger charge is -2.34. The van der Waals surface area contributed by atoms with E-state index in [-0.39, 0.29) is 36.8 Å². The van der Waals surface area contributed by atoms with Crippen LogP contribution in [0, 0.1) is 0 Å². The fourth-order valence-corrected chi connectivity index (χ4v) is 5.20. The number of hydrogen-bond donors (Lipinski definition) is 1. The molecule has 0 aliphatic carbocycles. The van der Waals surface area contributed by atoms with Crippen LogP contribution in [-0.2, 0) is 27.4 Å². The molecule has 2 aliphatic rings. The predicted molar refractivity (Wildman–Crippen MR) is 158 cm³/mol. The molecule has 2 amide bonds. The number of anilines is 2. The van der Waals surface area contributed by atoms with Gasteiger partial charge in [0, 0.05) is 50.1 Å². The third kappa shape index (κ3) is 6.17. The molecule has 0 saturated carbocycles. The second-order valence-electron chi connectivity index (χ2n) is 10.8. The van der Waals surface area contributed by atoms with Crippen molar-refractivity contribution in [3.8, 4) is 0 Å². The van der Waals surface area contributed by atoms with E-state index in [4.69, 9.17) is 9.47 Å². The van der Waals surface area contributed by atoms with E-state index >= 15 is 0 Å². The van der Waals surface area contributed by atoms with E-state index in [2.05, 4.69) is 27.3 Å². The number of aromatic nitrogens is 2. The van der Waals surface area contributed by atoms with Gasteiger partial charge in [-0.3, -0.25) is 9.59 Å². The number of carbonyl (C=O) groups is 3. The van der Waals surface area contributed by atoms with E-state index in [1.165, 1.54) is 7.11 Å². The maximum atomic E-state index is 13.5. The number of ether oxygens (including phenoxy) is 2. The van der Waals surface area contributed by atoms with Gasteiger partial charge >= 0.3 is 6.09 Å². The second kappa shape index (κ2) is 12.7. The minimum Gasteiger partial charge on any atom is -0.445 e. The lowest BCUT2D eigenvalue weighted by molar-refractivity contribution is -0.143. The smallest absolute Gasteiger partial charge is 0.435 e. The average Bonchev–Trinajstić information content (AvgIpc) is 3.59. The van der Waals surface area contributed by atoms with Gasteiger partial charge in [-0.2, -0.15) is 4.68 Å². The van der Waals surface area contributed by atoms with Crippen molar-refractivity contribution < 1.29 is 23.9 Å². The number of piperazine rings is 1. The fraction of sp³-hybridized carbons (Fsp3) is 0.419. The predicted octanol–water partition coefficient (Wildman–Crippen LogP) is 3.90. The summed E-state index contributed by atoms with van der Waals surface area (Å²) >= 11 is 0. The summed E-state index contributed by atoms with van der Waals surface area (Å²) in [5.41, 5.74) is 3.35. The molecule has 1 unspecified atom stereocenters. The van der Waals surface area contributed by atoms with E-state index in [9.17, 15) is 14.4 Å². The van der Waals surface area contributed by atoms with Crippen LogP contribution in [0.5, 0.6) is 0 Å². The van der Waals surface area contributed by atoms with E-state index in [0.29, 0.717) is 23.2 Å². The zero-order valence-electron chi connectivity index (χ0n) is 24.6. The Labute approximate surface area is 246 Å². The molecular formula is C31H38N6O5. The summed E-state index contributed by atoms with van der Waals surface area (Å²) in [6, 6.07) is 16.7. The molecule has 0 bridgehead atoms. The molecule has 2 aliphatic heterocycles. The minimum atomic E-state index is -0.805. The summed E-state index contributed by atoms with van der Waals surface area (Å²) in [7, 11) is 3.60. The van der Waals surface area contributed by atoms with E-state index in [0.717, 1.165) is 42.1 Å². The number of amides is 2. The quantitative estimate of drug-likeness (QED) is 0.432. The lowest BCUT2D eigenvalue weighted by Crippen LogP contribution is -2.44. The Bertz CT molecular complexity index is 1420. The molecule has 1 fully saturated rings. The van der Waals surface area contributed by atoms with E-state index in [1.54, 1.807) is 24.0 Å². The Morgan fingerprint density at radius 1 is 0.976 bits per heavy atom. The molecule has 2 aromatic carbocycles. The first-order valence-electron chi connectivity index (χ1n) is 14.3. The zero-order valence-corrected chi connectivity index (χ0v) is 24.6. The van der Waals surface area contributed by atoms with Crippen LogP contribution in [-0.4, -0.2) is 83.9 Å². The van der Waals surface area contributed by atoms with Crippen molar-refractivity contribution in [3.63, 3.8) is 0 Å². The highest BCUT2D eigenvalue weighted by atomic mass is 16.6. The van der Waals surface area contributed by atoms with Crippen molar-refractivity contribution >= 4 is 29.4 Å². The van der Waals surface area contributed by atoms with E-state index in [1.807, 2.05) is 49.4 Å². The molecule has 11 nitrogen and oxygen atoms in total. The number of hydrogen-bond acceptors (Lipinski definition) is 8. The number of nitrogens with zero attached hydrogens (tertiary/aromatic N) is 5. The van der Waals surface area contributed by atoms with Crippen molar-refractivity contribution in [2.75, 3.05) is 50.6 Å². The maximum absolute atomic E-state index is 13.5. The first-order valence-corrected chi connectivity index (χ1v) is 14.3. The number of nitrogens with one attached hydrogen (secondary N) is 1. The third-order valence-electron chi connectivity index (χ3n) is 7.93. The van der Waals surface area contributed by atoms with Crippen LogP contribution >= 0.6 is 0 Å². The molecule has 11 heteroatoms. The van der Waals surface area contributed by atoms with Crippen LogP contribution < -0.4 is 10.2 Å². The zero-order chi connectivity index (χ0) is 29.8. The number of carbonyl (C=O) groups excluding carboxylic acids is 3. The van der Waals surface area contributed by atoms with Gasteiger partial charge in [-0.15, -0.1) is 5.10 Å². The highest BCUT2D eigenvalue weighted by Gasteiger charge is 2.37. The normalized spacial score (nSPS) is 16.6. The molecule has 222 valence electrons. The molecule has 42 heavy (non-hydrogen) atoms. The number of methoxy groups -OCH3 is 1. The van der Waals surface area contributed by atoms with Crippen molar-refractivity contribution in [3.05, 3.63) is 77.0 Å². The molecule has 0 radical (unpaired) electrons. The van der Waals surface area contributed by atoms with Gasteiger partial charge in [-0.25, -0.2) is 4.79 Å². The Morgan fingerprint density at radius 2 is 1.67 bits per heavy atom. The van der Waals surface area contributed by atoms with Crippen LogP contribution in [0.1, 0.15) is 53.6 Å². The Morgan fingerprint density at radius 3 is 2.31 bits per heavy atom. The summed E-state index contributed by atoms with van der Waals surface area (Å²) in [6.45, 7) is 7.85. The molecule has 1 saturated heterocycles. The highest BCUT2D eigenvalue weighted by molar-refractivity contribution is 6.04. The summed E-state index contributed by atoms with van der Waals surface area (Å²) in [4.78, 5) is 46.1. The van der Waals surface area contributed by atoms with Crippen molar-refractivity contribution in [1.29, 1.82) is 0 Å².